The number of carbonyl (C=O) groups excluding carboxylic acids is 1. The molecule has 0 aliphatic rings. The lowest BCUT2D eigenvalue weighted by Crippen LogP contribution is -2.24. The van der Waals surface area contributed by atoms with Gasteiger partial charge in [-0.25, -0.2) is 9.97 Å². The van der Waals surface area contributed by atoms with Crippen LogP contribution in [0.1, 0.15) is 16.2 Å². The topological polar surface area (TPSA) is 70.7 Å². The molecular formula is C11H12N4OS. The molecule has 2 rings (SSSR count). The predicted octanol–water partition coefficient (Wildman–Crippen LogP) is 1.46. The van der Waals surface area contributed by atoms with Crippen LogP contribution in [0.3, 0.4) is 0 Å². The molecule has 0 unspecified atom stereocenters. The second-order valence-corrected chi connectivity index (χ2v) is 4.07. The number of H-pyrrole nitrogens is 1. The molecule has 0 bridgehead atoms. The van der Waals surface area contributed by atoms with Crippen LogP contribution in [-0.4, -0.2) is 27.1 Å². The standard InChI is InChI=1S/C11H12N4OS/c1-17-11-8(3-2-4-14-11)10(16)15-7-9-12-5-6-13-9/h2-6H,7H2,1H3,(H,12,13)(H,15,16). The summed E-state index contributed by atoms with van der Waals surface area (Å²) in [7, 11) is 0. The van der Waals surface area contributed by atoms with E-state index in [0.717, 1.165) is 10.9 Å². The van der Waals surface area contributed by atoms with Crippen LogP contribution in [0.25, 0.3) is 0 Å². The summed E-state index contributed by atoms with van der Waals surface area (Å²) in [6, 6.07) is 3.51. The smallest absolute Gasteiger partial charge is 0.254 e. The molecule has 2 aromatic heterocycles. The Morgan fingerprint density at radius 3 is 3.06 bits per heavy atom. The number of hydrogen-bond donors (Lipinski definition) is 2. The van der Waals surface area contributed by atoms with Gasteiger partial charge in [-0.1, -0.05) is 0 Å². The Balaban J connectivity index is 2.04. The van der Waals surface area contributed by atoms with E-state index in [4.69, 9.17) is 0 Å². The van der Waals surface area contributed by atoms with Crippen molar-refractivity contribution in [3.63, 3.8) is 0 Å². The van der Waals surface area contributed by atoms with Crippen molar-refractivity contribution in [2.24, 2.45) is 0 Å². The highest BCUT2D eigenvalue weighted by Gasteiger charge is 2.11. The van der Waals surface area contributed by atoms with E-state index < -0.39 is 0 Å². The number of nitrogens with zero attached hydrogens (tertiary/aromatic N) is 2. The molecule has 17 heavy (non-hydrogen) atoms. The molecule has 2 aromatic rings. The molecule has 0 aliphatic heterocycles. The van der Waals surface area contributed by atoms with Crippen LogP contribution in [0.2, 0.25) is 0 Å². The molecule has 0 saturated heterocycles. The summed E-state index contributed by atoms with van der Waals surface area (Å²) in [5.74, 6) is 0.590. The SMILES string of the molecule is CSc1ncccc1C(=O)NCc1ncc[nH]1. The summed E-state index contributed by atoms with van der Waals surface area (Å²) in [6.07, 6.45) is 6.94. The van der Waals surface area contributed by atoms with Crippen LogP contribution >= 0.6 is 11.8 Å². The van der Waals surface area contributed by atoms with E-state index in [-0.39, 0.29) is 5.91 Å². The van der Waals surface area contributed by atoms with Gasteiger partial charge in [-0.2, -0.15) is 0 Å². The number of rotatable bonds is 4. The van der Waals surface area contributed by atoms with Crippen LogP contribution in [0.15, 0.2) is 35.7 Å². The van der Waals surface area contributed by atoms with Gasteiger partial charge in [0.05, 0.1) is 12.1 Å². The van der Waals surface area contributed by atoms with Crippen LogP contribution in [-0.2, 0) is 6.54 Å². The van der Waals surface area contributed by atoms with Gasteiger partial charge in [-0.05, 0) is 18.4 Å². The summed E-state index contributed by atoms with van der Waals surface area (Å²) < 4.78 is 0. The number of amides is 1. The lowest BCUT2D eigenvalue weighted by atomic mass is 10.2. The molecule has 0 fully saturated rings. The maximum Gasteiger partial charge on any atom is 0.254 e. The fourth-order valence-corrected chi connectivity index (χ4v) is 1.93. The minimum atomic E-state index is -0.140. The zero-order valence-corrected chi connectivity index (χ0v) is 10.1. The number of imidazole rings is 1. The van der Waals surface area contributed by atoms with Gasteiger partial charge in [0, 0.05) is 18.6 Å². The second-order valence-electron chi connectivity index (χ2n) is 3.28. The van der Waals surface area contributed by atoms with Crippen LogP contribution in [0.4, 0.5) is 0 Å². The molecule has 5 nitrogen and oxygen atoms in total. The van der Waals surface area contributed by atoms with Gasteiger partial charge >= 0.3 is 0 Å². The van der Waals surface area contributed by atoms with E-state index in [1.165, 1.54) is 11.8 Å². The van der Waals surface area contributed by atoms with Crippen molar-refractivity contribution in [2.45, 2.75) is 11.6 Å². The highest BCUT2D eigenvalue weighted by molar-refractivity contribution is 7.98. The zero-order chi connectivity index (χ0) is 12.1. The summed E-state index contributed by atoms with van der Waals surface area (Å²) in [5.41, 5.74) is 0.589. The van der Waals surface area contributed by atoms with Crippen molar-refractivity contribution >= 4 is 17.7 Å². The molecule has 6 heteroatoms. The highest BCUT2D eigenvalue weighted by Crippen LogP contribution is 2.16. The van der Waals surface area contributed by atoms with E-state index in [0.29, 0.717) is 12.1 Å². The van der Waals surface area contributed by atoms with Crippen molar-refractivity contribution in [3.05, 3.63) is 42.1 Å². The molecule has 0 aliphatic carbocycles. The number of hydrogen-bond acceptors (Lipinski definition) is 4. The van der Waals surface area contributed by atoms with E-state index in [1.807, 2.05) is 6.26 Å². The molecule has 0 radical (unpaired) electrons. The van der Waals surface area contributed by atoms with Crippen molar-refractivity contribution in [3.8, 4) is 0 Å². The second kappa shape index (κ2) is 5.49. The Morgan fingerprint density at radius 1 is 1.47 bits per heavy atom. The number of nitrogens with one attached hydrogen (secondary N) is 2. The minimum Gasteiger partial charge on any atom is -0.347 e. The molecule has 0 atom stereocenters. The first-order valence-corrected chi connectivity index (χ1v) is 6.29. The number of carbonyl (C=O) groups is 1. The van der Waals surface area contributed by atoms with Crippen LogP contribution in [0.5, 0.6) is 0 Å². The van der Waals surface area contributed by atoms with E-state index >= 15 is 0 Å². The quantitative estimate of drug-likeness (QED) is 0.804. The van der Waals surface area contributed by atoms with Gasteiger partial charge in [-0.3, -0.25) is 4.79 Å². The summed E-state index contributed by atoms with van der Waals surface area (Å²) in [6.45, 7) is 0.383. The summed E-state index contributed by atoms with van der Waals surface area (Å²) >= 11 is 1.45. The van der Waals surface area contributed by atoms with Gasteiger partial charge in [0.15, 0.2) is 0 Å². The first kappa shape index (κ1) is 11.7. The number of thioether (sulfide) groups is 1. The first-order chi connectivity index (χ1) is 8.31. The molecule has 88 valence electrons. The van der Waals surface area contributed by atoms with Crippen molar-refractivity contribution < 1.29 is 4.79 Å². The van der Waals surface area contributed by atoms with E-state index in [9.17, 15) is 4.79 Å². The normalized spacial score (nSPS) is 10.2. The number of aromatic nitrogens is 3. The minimum absolute atomic E-state index is 0.140. The molecule has 0 spiro atoms. The average Bonchev–Trinajstić information content (AvgIpc) is 2.89. The maximum atomic E-state index is 11.9. The van der Waals surface area contributed by atoms with Crippen molar-refractivity contribution in [1.82, 2.24) is 20.3 Å². The Kier molecular flexibility index (Phi) is 3.77. The molecule has 2 heterocycles. The van der Waals surface area contributed by atoms with Crippen LogP contribution < -0.4 is 5.32 Å². The lowest BCUT2D eigenvalue weighted by Gasteiger charge is -2.06. The largest absolute Gasteiger partial charge is 0.347 e. The Hall–Kier alpha value is -1.82. The Morgan fingerprint density at radius 2 is 2.35 bits per heavy atom. The fourth-order valence-electron chi connectivity index (χ4n) is 1.38. The van der Waals surface area contributed by atoms with Gasteiger partial charge in [0.2, 0.25) is 0 Å². The monoisotopic (exact) mass is 248 g/mol. The third-order valence-corrected chi connectivity index (χ3v) is 2.89. The third kappa shape index (κ3) is 2.85. The predicted molar refractivity (Wildman–Crippen MR) is 65.8 cm³/mol. The summed E-state index contributed by atoms with van der Waals surface area (Å²) in [5, 5.41) is 3.52. The highest BCUT2D eigenvalue weighted by atomic mass is 32.2. The summed E-state index contributed by atoms with van der Waals surface area (Å²) in [4.78, 5) is 23.0. The van der Waals surface area contributed by atoms with E-state index in [2.05, 4.69) is 20.3 Å². The Bertz CT molecular complexity index is 498. The lowest BCUT2D eigenvalue weighted by molar-refractivity contribution is 0.0946. The maximum absolute atomic E-state index is 11.9. The Labute approximate surface area is 103 Å². The van der Waals surface area contributed by atoms with Crippen molar-refractivity contribution in [2.75, 3.05) is 6.26 Å². The van der Waals surface area contributed by atoms with Crippen molar-refractivity contribution in [1.29, 1.82) is 0 Å². The average molecular weight is 248 g/mol. The van der Waals surface area contributed by atoms with Gasteiger partial charge in [-0.15, -0.1) is 11.8 Å². The number of aromatic amines is 1. The number of pyridine rings is 1. The van der Waals surface area contributed by atoms with E-state index in [1.54, 1.807) is 30.7 Å². The van der Waals surface area contributed by atoms with Gasteiger partial charge in [0.1, 0.15) is 10.9 Å². The molecule has 1 amide bonds. The van der Waals surface area contributed by atoms with Gasteiger partial charge < -0.3 is 10.3 Å². The molecule has 0 aromatic carbocycles. The molecule has 0 saturated carbocycles. The first-order valence-electron chi connectivity index (χ1n) is 5.06. The van der Waals surface area contributed by atoms with Crippen LogP contribution in [0, 0.1) is 0 Å². The molecule has 2 N–H and O–H groups in total. The zero-order valence-electron chi connectivity index (χ0n) is 9.30. The molecular weight excluding hydrogens is 236 g/mol. The fraction of sp³-hybridized carbons (Fsp3) is 0.182. The third-order valence-electron chi connectivity index (χ3n) is 2.18. The van der Waals surface area contributed by atoms with Gasteiger partial charge in [0.25, 0.3) is 5.91 Å².